The summed E-state index contributed by atoms with van der Waals surface area (Å²) in [4.78, 5) is 12.0. The molecule has 2 aromatic carbocycles. The molecule has 1 saturated heterocycles. The van der Waals surface area contributed by atoms with E-state index in [1.54, 1.807) is 0 Å². The summed E-state index contributed by atoms with van der Waals surface area (Å²) >= 11 is 0. The topological polar surface area (TPSA) is 85.5 Å². The van der Waals surface area contributed by atoms with E-state index >= 15 is 0 Å². The molecule has 2 aliphatic rings. The van der Waals surface area contributed by atoms with Gasteiger partial charge in [-0.2, -0.15) is 5.26 Å². The molecule has 2 fully saturated rings. The molecule has 1 aliphatic carbocycles. The summed E-state index contributed by atoms with van der Waals surface area (Å²) in [5.74, 6) is 1.41. The number of nitrogens with zero attached hydrogens (tertiary/aromatic N) is 2. The molecule has 1 N–H and O–H groups in total. The molecular weight excluding hydrogens is 454 g/mol. The highest BCUT2D eigenvalue weighted by Crippen LogP contribution is 2.43. The average molecular weight is 488 g/mol. The fraction of sp³-hybridized carbons (Fsp3) is 0.448. The van der Waals surface area contributed by atoms with Crippen LogP contribution >= 0.6 is 0 Å². The maximum atomic E-state index is 12.0. The van der Waals surface area contributed by atoms with Gasteiger partial charge in [0.1, 0.15) is 11.8 Å². The van der Waals surface area contributed by atoms with Crippen LogP contribution in [0.25, 0.3) is 22.2 Å². The number of nitrogens with one attached hydrogen (secondary N) is 1. The highest BCUT2D eigenvalue weighted by Gasteiger charge is 2.28. The number of nitriles is 1. The van der Waals surface area contributed by atoms with Gasteiger partial charge in [-0.1, -0.05) is 12.1 Å². The van der Waals surface area contributed by atoms with E-state index in [9.17, 15) is 10.1 Å². The van der Waals surface area contributed by atoms with Gasteiger partial charge in [-0.05, 0) is 81.7 Å². The number of aromatic nitrogens is 1. The Morgan fingerprint density at radius 3 is 2.64 bits per heavy atom. The second-order valence-corrected chi connectivity index (χ2v) is 9.99. The van der Waals surface area contributed by atoms with Crippen LogP contribution in [0, 0.1) is 17.2 Å². The van der Waals surface area contributed by atoms with E-state index < -0.39 is 6.09 Å². The molecule has 1 aromatic heterocycles. The molecule has 1 amide bonds. The predicted molar refractivity (Wildman–Crippen MR) is 139 cm³/mol. The highest BCUT2D eigenvalue weighted by atomic mass is 16.6. The number of fused-ring (bicyclic) bond motifs is 1. The van der Waals surface area contributed by atoms with Crippen molar-refractivity contribution < 1.29 is 19.0 Å². The summed E-state index contributed by atoms with van der Waals surface area (Å²) in [5, 5.41) is 13.9. The third kappa shape index (κ3) is 5.05. The van der Waals surface area contributed by atoms with Crippen LogP contribution in [0.1, 0.15) is 57.6 Å². The Labute approximate surface area is 211 Å². The average Bonchev–Trinajstić information content (AvgIpc) is 3.44. The zero-order valence-corrected chi connectivity index (χ0v) is 21.0. The smallest absolute Gasteiger partial charge is 0.411 e. The second-order valence-electron chi connectivity index (χ2n) is 9.99. The van der Waals surface area contributed by atoms with Gasteiger partial charge in [0, 0.05) is 36.4 Å². The summed E-state index contributed by atoms with van der Waals surface area (Å²) < 4.78 is 19.1. The second kappa shape index (κ2) is 10.6. The Balaban J connectivity index is 1.45. The number of hydrogen-bond donors (Lipinski definition) is 1. The van der Waals surface area contributed by atoms with Gasteiger partial charge in [0.15, 0.2) is 0 Å². The SMILES string of the molecule is CC(C)OC(=O)Nc1ccc(-c2c(C#N)c3ccc(OCCC4CCOC4)cc3n2C2CCC2)cc1. The standard InChI is InChI=1S/C29H33N3O4/c1-19(2)36-29(33)31-22-8-6-21(7-9-22)28-26(17-30)25-11-10-24(35-15-13-20-12-14-34-18-20)16-27(25)32(28)23-4-3-5-23/h6-11,16,19-20,23H,3-5,12-15,18H2,1-2H3,(H,31,33). The molecule has 1 atom stereocenters. The normalized spacial score (nSPS) is 17.7. The molecule has 5 rings (SSSR count). The fourth-order valence-electron chi connectivity index (χ4n) is 5.03. The lowest BCUT2D eigenvalue weighted by Gasteiger charge is -2.30. The molecule has 2 heterocycles. The van der Waals surface area contributed by atoms with Gasteiger partial charge in [0.05, 0.1) is 29.5 Å². The minimum absolute atomic E-state index is 0.189. The predicted octanol–water partition coefficient (Wildman–Crippen LogP) is 6.67. The Bertz CT molecular complexity index is 1260. The van der Waals surface area contributed by atoms with Gasteiger partial charge in [-0.15, -0.1) is 0 Å². The van der Waals surface area contributed by atoms with Crippen molar-refractivity contribution >= 4 is 22.7 Å². The number of carbonyl (C=O) groups excluding carboxylic acids is 1. The van der Waals surface area contributed by atoms with E-state index in [4.69, 9.17) is 14.2 Å². The highest BCUT2D eigenvalue weighted by molar-refractivity contribution is 5.96. The van der Waals surface area contributed by atoms with E-state index in [2.05, 4.69) is 22.0 Å². The van der Waals surface area contributed by atoms with Crippen molar-refractivity contribution in [2.75, 3.05) is 25.1 Å². The Morgan fingerprint density at radius 2 is 2.00 bits per heavy atom. The van der Waals surface area contributed by atoms with E-state index in [-0.39, 0.29) is 6.10 Å². The number of amides is 1. The number of hydrogen-bond acceptors (Lipinski definition) is 5. The van der Waals surface area contributed by atoms with Crippen molar-refractivity contribution in [1.29, 1.82) is 5.26 Å². The van der Waals surface area contributed by atoms with Crippen LogP contribution in [0.4, 0.5) is 10.5 Å². The molecule has 7 nitrogen and oxygen atoms in total. The van der Waals surface area contributed by atoms with Gasteiger partial charge < -0.3 is 18.8 Å². The van der Waals surface area contributed by atoms with Gasteiger partial charge in [0.2, 0.25) is 0 Å². The van der Waals surface area contributed by atoms with Crippen LogP contribution in [0.2, 0.25) is 0 Å². The lowest BCUT2D eigenvalue weighted by Crippen LogP contribution is -2.18. The molecule has 36 heavy (non-hydrogen) atoms. The number of benzene rings is 2. The Morgan fingerprint density at radius 1 is 1.19 bits per heavy atom. The zero-order valence-electron chi connectivity index (χ0n) is 21.0. The van der Waals surface area contributed by atoms with E-state index in [1.165, 1.54) is 6.42 Å². The zero-order chi connectivity index (χ0) is 25.1. The van der Waals surface area contributed by atoms with Gasteiger partial charge in [-0.3, -0.25) is 5.32 Å². The summed E-state index contributed by atoms with van der Waals surface area (Å²) in [6.45, 7) is 5.97. The summed E-state index contributed by atoms with van der Waals surface area (Å²) in [7, 11) is 0. The Hall–Kier alpha value is -3.50. The molecule has 1 unspecified atom stereocenters. The first-order chi connectivity index (χ1) is 17.5. The molecule has 1 aliphatic heterocycles. The molecular formula is C29H33N3O4. The van der Waals surface area contributed by atoms with Crippen LogP contribution in [0.3, 0.4) is 0 Å². The maximum absolute atomic E-state index is 12.0. The minimum atomic E-state index is -0.480. The molecule has 0 spiro atoms. The summed E-state index contributed by atoms with van der Waals surface area (Å²) in [6, 6.07) is 16.5. The third-order valence-electron chi connectivity index (χ3n) is 7.09. The van der Waals surface area contributed by atoms with E-state index in [0.29, 0.717) is 29.8 Å². The van der Waals surface area contributed by atoms with Gasteiger partial charge >= 0.3 is 6.09 Å². The largest absolute Gasteiger partial charge is 0.494 e. The minimum Gasteiger partial charge on any atom is -0.494 e. The fourth-order valence-corrected chi connectivity index (χ4v) is 5.03. The molecule has 1 saturated carbocycles. The number of carbonyl (C=O) groups is 1. The third-order valence-corrected chi connectivity index (χ3v) is 7.09. The molecule has 188 valence electrons. The lowest BCUT2D eigenvalue weighted by atomic mass is 9.92. The van der Waals surface area contributed by atoms with Crippen molar-refractivity contribution in [3.05, 3.63) is 48.0 Å². The first-order valence-corrected chi connectivity index (χ1v) is 12.9. The van der Waals surface area contributed by atoms with Gasteiger partial charge in [-0.25, -0.2) is 4.79 Å². The first-order valence-electron chi connectivity index (χ1n) is 12.9. The van der Waals surface area contributed by atoms with Crippen molar-refractivity contribution in [2.24, 2.45) is 5.92 Å². The van der Waals surface area contributed by atoms with Crippen LogP contribution in [0.15, 0.2) is 42.5 Å². The van der Waals surface area contributed by atoms with E-state index in [0.717, 1.165) is 66.8 Å². The summed E-state index contributed by atoms with van der Waals surface area (Å²) in [6.07, 6.45) is 4.80. The quantitative estimate of drug-likeness (QED) is 0.384. The van der Waals surface area contributed by atoms with Crippen molar-refractivity contribution in [3.8, 4) is 23.1 Å². The molecule has 0 radical (unpaired) electrons. The van der Waals surface area contributed by atoms with Crippen LogP contribution in [0.5, 0.6) is 5.75 Å². The van der Waals surface area contributed by atoms with Crippen molar-refractivity contribution in [1.82, 2.24) is 4.57 Å². The van der Waals surface area contributed by atoms with Crippen molar-refractivity contribution in [3.63, 3.8) is 0 Å². The van der Waals surface area contributed by atoms with E-state index in [1.807, 2.05) is 50.2 Å². The molecule has 3 aromatic rings. The molecule has 0 bridgehead atoms. The first kappa shape index (κ1) is 24.2. The number of ether oxygens (including phenoxy) is 3. The lowest BCUT2D eigenvalue weighted by molar-refractivity contribution is 0.130. The van der Waals surface area contributed by atoms with Crippen molar-refractivity contribution in [2.45, 2.75) is 58.1 Å². The number of rotatable bonds is 8. The van der Waals surface area contributed by atoms with Crippen LogP contribution < -0.4 is 10.1 Å². The van der Waals surface area contributed by atoms with Gasteiger partial charge in [0.25, 0.3) is 0 Å². The van der Waals surface area contributed by atoms with Crippen LogP contribution in [-0.4, -0.2) is 36.6 Å². The molecule has 7 heteroatoms. The maximum Gasteiger partial charge on any atom is 0.411 e. The Kier molecular flexibility index (Phi) is 7.15. The summed E-state index contributed by atoms with van der Waals surface area (Å²) in [5.41, 5.74) is 4.23. The number of anilines is 1. The van der Waals surface area contributed by atoms with Crippen LogP contribution in [-0.2, 0) is 9.47 Å². The monoisotopic (exact) mass is 487 g/mol.